The minimum Gasteiger partial charge on any atom is -0.312 e. The van der Waals surface area contributed by atoms with E-state index >= 15 is 0 Å². The van der Waals surface area contributed by atoms with Gasteiger partial charge in [-0.3, -0.25) is 4.21 Å². The second kappa shape index (κ2) is 3.90. The summed E-state index contributed by atoms with van der Waals surface area (Å²) in [6, 6.07) is 5.93. The van der Waals surface area contributed by atoms with Crippen molar-refractivity contribution in [2.45, 2.75) is 11.4 Å². The quantitative estimate of drug-likeness (QED) is 0.768. The van der Waals surface area contributed by atoms with Crippen LogP contribution in [0.3, 0.4) is 0 Å². The van der Waals surface area contributed by atoms with E-state index in [0.29, 0.717) is 5.75 Å². The molecule has 1 N–H and O–H groups in total. The third-order valence-electron chi connectivity index (χ3n) is 2.05. The maximum absolute atomic E-state index is 11.7. The minimum absolute atomic E-state index is 0.717. The molecule has 0 radical (unpaired) electrons. The maximum atomic E-state index is 11.7. The van der Waals surface area contributed by atoms with E-state index in [1.807, 2.05) is 18.2 Å². The molecule has 0 aliphatic carbocycles. The van der Waals surface area contributed by atoms with Crippen molar-refractivity contribution < 1.29 is 4.21 Å². The van der Waals surface area contributed by atoms with Crippen LogP contribution in [0.25, 0.3) is 0 Å². The average Bonchev–Trinajstić information content (AvgIpc) is 2.28. The van der Waals surface area contributed by atoms with Gasteiger partial charge >= 0.3 is 0 Å². The summed E-state index contributed by atoms with van der Waals surface area (Å²) in [5.41, 5.74) is 1.14. The second-order valence-corrected chi connectivity index (χ2v) is 5.43. The summed E-state index contributed by atoms with van der Waals surface area (Å²) < 4.78 is 12.7. The number of nitrogens with one attached hydrogen (secondary N) is 1. The molecule has 70 valence electrons. The zero-order valence-electron chi connectivity index (χ0n) is 7.05. The number of hydrogen-bond acceptors (Lipinski definition) is 2. The predicted molar refractivity (Wildman–Crippen MR) is 57.1 cm³/mol. The molecule has 0 amide bonds. The van der Waals surface area contributed by atoms with E-state index in [-0.39, 0.29) is 0 Å². The topological polar surface area (TPSA) is 29.1 Å². The summed E-state index contributed by atoms with van der Waals surface area (Å²) in [7, 11) is -0.824. The van der Waals surface area contributed by atoms with Gasteiger partial charge in [-0.05, 0) is 23.8 Å². The lowest BCUT2D eigenvalue weighted by atomic mass is 10.2. The molecule has 13 heavy (non-hydrogen) atoms. The Hall–Kier alpha value is -0.190. The smallest absolute Gasteiger partial charge is 0.0545 e. The van der Waals surface area contributed by atoms with E-state index in [1.165, 1.54) is 0 Å². The van der Waals surface area contributed by atoms with Crippen LogP contribution >= 0.6 is 15.9 Å². The largest absolute Gasteiger partial charge is 0.312 e. The highest BCUT2D eigenvalue weighted by molar-refractivity contribution is 9.10. The summed E-state index contributed by atoms with van der Waals surface area (Å²) in [4.78, 5) is 0.980. The number of fused-ring (bicyclic) bond motifs is 1. The molecule has 0 spiro atoms. The molecular weight excluding hydrogens is 250 g/mol. The fourth-order valence-corrected chi connectivity index (χ4v) is 3.01. The first-order chi connectivity index (χ1) is 6.27. The van der Waals surface area contributed by atoms with Crippen LogP contribution in [0, 0.1) is 0 Å². The van der Waals surface area contributed by atoms with Crippen LogP contribution in [-0.2, 0) is 17.3 Å². The molecule has 1 aliphatic rings. The number of rotatable bonds is 0. The lowest BCUT2D eigenvalue weighted by molar-refractivity contribution is 0.681. The van der Waals surface area contributed by atoms with Crippen molar-refractivity contribution in [3.8, 4) is 0 Å². The SMILES string of the molecule is O=S1CCNCc2cc(Br)ccc21. The fraction of sp³-hybridized carbons (Fsp3) is 0.333. The third-order valence-corrected chi connectivity index (χ3v) is 4.00. The van der Waals surface area contributed by atoms with Gasteiger partial charge in [-0.15, -0.1) is 0 Å². The molecule has 0 bridgehead atoms. The normalized spacial score (nSPS) is 22.1. The van der Waals surface area contributed by atoms with Crippen molar-refractivity contribution in [2.24, 2.45) is 0 Å². The van der Waals surface area contributed by atoms with E-state index in [1.54, 1.807) is 0 Å². The van der Waals surface area contributed by atoms with Gasteiger partial charge in [0, 0.05) is 28.2 Å². The Labute approximate surface area is 88.3 Å². The lowest BCUT2D eigenvalue weighted by Gasteiger charge is -2.04. The summed E-state index contributed by atoms with van der Waals surface area (Å²) in [6.45, 7) is 1.65. The molecule has 0 fully saturated rings. The van der Waals surface area contributed by atoms with E-state index in [4.69, 9.17) is 0 Å². The molecule has 0 saturated heterocycles. The van der Waals surface area contributed by atoms with Crippen molar-refractivity contribution in [2.75, 3.05) is 12.3 Å². The van der Waals surface area contributed by atoms with E-state index in [2.05, 4.69) is 21.2 Å². The van der Waals surface area contributed by atoms with E-state index in [0.717, 1.165) is 28.0 Å². The standard InChI is InChI=1S/C9H10BrNOS/c10-8-1-2-9-7(5-8)6-11-3-4-13(9)12/h1-2,5,11H,3-4,6H2. The molecule has 1 atom stereocenters. The average molecular weight is 260 g/mol. The second-order valence-electron chi connectivity index (χ2n) is 2.98. The Balaban J connectivity index is 2.48. The molecule has 4 heteroatoms. The number of halogens is 1. The van der Waals surface area contributed by atoms with Gasteiger partial charge in [-0.25, -0.2) is 0 Å². The van der Waals surface area contributed by atoms with Gasteiger partial charge < -0.3 is 5.32 Å². The van der Waals surface area contributed by atoms with Gasteiger partial charge in [-0.1, -0.05) is 15.9 Å². The number of benzene rings is 1. The molecule has 1 unspecified atom stereocenters. The van der Waals surface area contributed by atoms with Crippen molar-refractivity contribution in [1.82, 2.24) is 5.32 Å². The molecule has 2 rings (SSSR count). The van der Waals surface area contributed by atoms with Gasteiger partial charge in [-0.2, -0.15) is 0 Å². The molecule has 2 nitrogen and oxygen atoms in total. The molecular formula is C9H10BrNOS. The van der Waals surface area contributed by atoms with Gasteiger partial charge in [0.2, 0.25) is 0 Å². The number of hydrogen-bond donors (Lipinski definition) is 1. The summed E-state index contributed by atoms with van der Waals surface area (Å²) in [6.07, 6.45) is 0. The summed E-state index contributed by atoms with van der Waals surface area (Å²) >= 11 is 3.41. The monoisotopic (exact) mass is 259 g/mol. The Kier molecular flexibility index (Phi) is 2.81. The molecule has 1 heterocycles. The van der Waals surface area contributed by atoms with Gasteiger partial charge in [0.25, 0.3) is 0 Å². The van der Waals surface area contributed by atoms with Crippen molar-refractivity contribution in [1.29, 1.82) is 0 Å². The molecule has 1 aromatic rings. The summed E-state index contributed by atoms with van der Waals surface area (Å²) in [5.74, 6) is 0.717. The van der Waals surface area contributed by atoms with Crippen molar-refractivity contribution in [3.05, 3.63) is 28.2 Å². The first-order valence-corrected chi connectivity index (χ1v) is 6.26. The Morgan fingerprint density at radius 1 is 1.46 bits per heavy atom. The minimum atomic E-state index is -0.824. The van der Waals surface area contributed by atoms with Crippen molar-refractivity contribution in [3.63, 3.8) is 0 Å². The first-order valence-electron chi connectivity index (χ1n) is 4.15. The van der Waals surface area contributed by atoms with E-state index in [9.17, 15) is 4.21 Å². The van der Waals surface area contributed by atoms with Crippen LogP contribution in [0.4, 0.5) is 0 Å². The first kappa shape index (κ1) is 9.37. The van der Waals surface area contributed by atoms with Gasteiger partial charge in [0.15, 0.2) is 0 Å². The van der Waals surface area contributed by atoms with Crippen LogP contribution in [0.1, 0.15) is 5.56 Å². The van der Waals surface area contributed by atoms with Crippen LogP contribution in [0.2, 0.25) is 0 Å². The molecule has 1 aromatic carbocycles. The van der Waals surface area contributed by atoms with Crippen LogP contribution in [0.15, 0.2) is 27.6 Å². The highest BCUT2D eigenvalue weighted by Gasteiger charge is 2.13. The van der Waals surface area contributed by atoms with Crippen LogP contribution in [0.5, 0.6) is 0 Å². The Bertz CT molecular complexity index is 353. The zero-order chi connectivity index (χ0) is 9.26. The molecule has 1 aliphatic heterocycles. The fourth-order valence-electron chi connectivity index (χ4n) is 1.41. The predicted octanol–water partition coefficient (Wildman–Crippen LogP) is 1.66. The third kappa shape index (κ3) is 2.00. The molecule has 0 saturated carbocycles. The van der Waals surface area contributed by atoms with Crippen LogP contribution < -0.4 is 5.32 Å². The zero-order valence-corrected chi connectivity index (χ0v) is 9.45. The highest BCUT2D eigenvalue weighted by atomic mass is 79.9. The Morgan fingerprint density at radius 3 is 3.15 bits per heavy atom. The van der Waals surface area contributed by atoms with Crippen LogP contribution in [-0.4, -0.2) is 16.5 Å². The van der Waals surface area contributed by atoms with Gasteiger partial charge in [0.05, 0.1) is 10.8 Å². The Morgan fingerprint density at radius 2 is 2.31 bits per heavy atom. The van der Waals surface area contributed by atoms with E-state index < -0.39 is 10.8 Å². The maximum Gasteiger partial charge on any atom is 0.0545 e. The molecule has 0 aromatic heterocycles. The summed E-state index contributed by atoms with van der Waals surface area (Å²) in [5, 5.41) is 3.25. The van der Waals surface area contributed by atoms with Gasteiger partial charge in [0.1, 0.15) is 0 Å². The highest BCUT2D eigenvalue weighted by Crippen LogP contribution is 2.21. The lowest BCUT2D eigenvalue weighted by Crippen LogP contribution is -2.15. The van der Waals surface area contributed by atoms with Crippen molar-refractivity contribution >= 4 is 26.7 Å².